The Hall–Kier alpha value is -1.59. The predicted octanol–water partition coefficient (Wildman–Crippen LogP) is 2.63. The number of carbonyl (C=O) groups excluding carboxylic acids is 2. The highest BCUT2D eigenvalue weighted by atomic mass is 35.5. The molecule has 5 nitrogen and oxygen atoms in total. The summed E-state index contributed by atoms with van der Waals surface area (Å²) in [6.45, 7) is 3.77. The van der Waals surface area contributed by atoms with Gasteiger partial charge in [-0.15, -0.1) is 12.4 Å². The Morgan fingerprint density at radius 2 is 1.79 bits per heavy atom. The Balaban J connectivity index is 0.00000208. The minimum atomic E-state index is -0.0300. The molecule has 1 aliphatic carbocycles. The number of hydrogen-bond donors (Lipinski definition) is 3. The summed E-state index contributed by atoms with van der Waals surface area (Å²) in [5, 5.41) is 9.28. The number of amides is 2. The second-order valence-corrected chi connectivity index (χ2v) is 6.66. The monoisotopic (exact) mass is 351 g/mol. The lowest BCUT2D eigenvalue weighted by Gasteiger charge is -2.24. The first-order chi connectivity index (χ1) is 11.1. The van der Waals surface area contributed by atoms with E-state index < -0.39 is 0 Å². The molecular formula is C18H26ClN3O2. The Bertz CT molecular complexity index is 566. The Labute approximate surface area is 149 Å². The van der Waals surface area contributed by atoms with E-state index in [9.17, 15) is 9.59 Å². The SMILES string of the molecule is CC(NC(=O)C1CCCNC1)c1ccc(NC(=O)C2CC2)cc1.Cl. The van der Waals surface area contributed by atoms with Crippen molar-refractivity contribution < 1.29 is 9.59 Å². The van der Waals surface area contributed by atoms with Gasteiger partial charge in [-0.1, -0.05) is 12.1 Å². The quantitative estimate of drug-likeness (QED) is 0.763. The lowest BCUT2D eigenvalue weighted by molar-refractivity contribution is -0.126. The van der Waals surface area contributed by atoms with E-state index in [4.69, 9.17) is 0 Å². The number of piperidine rings is 1. The maximum atomic E-state index is 12.3. The molecule has 3 rings (SSSR count). The molecule has 6 heteroatoms. The standard InChI is InChI=1S/C18H25N3O2.ClH/c1-12(20-18(23)15-3-2-10-19-11-15)13-6-8-16(9-7-13)21-17(22)14-4-5-14;/h6-9,12,14-15,19H,2-5,10-11H2,1H3,(H,20,23)(H,21,22);1H. The molecule has 2 unspecified atom stereocenters. The summed E-state index contributed by atoms with van der Waals surface area (Å²) in [4.78, 5) is 24.0. The van der Waals surface area contributed by atoms with Gasteiger partial charge in [0.1, 0.15) is 0 Å². The summed E-state index contributed by atoms with van der Waals surface area (Å²) in [7, 11) is 0. The van der Waals surface area contributed by atoms with Crippen molar-refractivity contribution in [1.29, 1.82) is 0 Å². The molecule has 132 valence electrons. The minimum absolute atomic E-state index is 0. The number of anilines is 1. The molecule has 0 spiro atoms. The van der Waals surface area contributed by atoms with Crippen LogP contribution in [0.1, 0.15) is 44.2 Å². The Morgan fingerprint density at radius 3 is 2.38 bits per heavy atom. The first-order valence-electron chi connectivity index (χ1n) is 8.55. The summed E-state index contributed by atoms with van der Waals surface area (Å²) in [5.41, 5.74) is 1.87. The van der Waals surface area contributed by atoms with Crippen LogP contribution in [0.4, 0.5) is 5.69 Å². The van der Waals surface area contributed by atoms with Crippen LogP contribution in [-0.2, 0) is 9.59 Å². The van der Waals surface area contributed by atoms with Gasteiger partial charge < -0.3 is 16.0 Å². The molecule has 1 aliphatic heterocycles. The lowest BCUT2D eigenvalue weighted by atomic mass is 9.98. The normalized spacial score (nSPS) is 21.3. The molecule has 2 atom stereocenters. The van der Waals surface area contributed by atoms with E-state index in [-0.39, 0.29) is 42.1 Å². The van der Waals surface area contributed by atoms with E-state index in [2.05, 4.69) is 16.0 Å². The second kappa shape index (κ2) is 8.49. The molecular weight excluding hydrogens is 326 g/mol. The van der Waals surface area contributed by atoms with Crippen molar-refractivity contribution in [3.05, 3.63) is 29.8 Å². The first-order valence-corrected chi connectivity index (χ1v) is 8.55. The number of hydrogen-bond acceptors (Lipinski definition) is 3. The van der Waals surface area contributed by atoms with Crippen LogP contribution in [0.15, 0.2) is 24.3 Å². The fourth-order valence-corrected chi connectivity index (χ4v) is 2.94. The zero-order valence-electron chi connectivity index (χ0n) is 14.0. The summed E-state index contributed by atoms with van der Waals surface area (Å²) < 4.78 is 0. The summed E-state index contributed by atoms with van der Waals surface area (Å²) in [6.07, 6.45) is 4.02. The second-order valence-electron chi connectivity index (χ2n) is 6.66. The minimum Gasteiger partial charge on any atom is -0.349 e. The van der Waals surface area contributed by atoms with Crippen LogP contribution in [0.5, 0.6) is 0 Å². The molecule has 0 aromatic heterocycles. The zero-order chi connectivity index (χ0) is 16.2. The van der Waals surface area contributed by atoms with Gasteiger partial charge in [0.25, 0.3) is 0 Å². The number of rotatable bonds is 5. The van der Waals surface area contributed by atoms with Gasteiger partial charge >= 0.3 is 0 Å². The summed E-state index contributed by atoms with van der Waals surface area (Å²) in [6, 6.07) is 7.71. The topological polar surface area (TPSA) is 70.2 Å². The first kappa shape index (κ1) is 18.7. The van der Waals surface area contributed by atoms with Crippen LogP contribution >= 0.6 is 12.4 Å². The molecule has 1 saturated carbocycles. The van der Waals surface area contributed by atoms with Crippen LogP contribution in [0, 0.1) is 11.8 Å². The van der Waals surface area contributed by atoms with Gasteiger partial charge in [0.2, 0.25) is 11.8 Å². The largest absolute Gasteiger partial charge is 0.349 e. The maximum Gasteiger partial charge on any atom is 0.227 e. The van der Waals surface area contributed by atoms with Crippen molar-refractivity contribution in [2.24, 2.45) is 11.8 Å². The maximum absolute atomic E-state index is 12.3. The van der Waals surface area contributed by atoms with Crippen LogP contribution in [0.25, 0.3) is 0 Å². The van der Waals surface area contributed by atoms with Crippen molar-refractivity contribution in [2.75, 3.05) is 18.4 Å². The van der Waals surface area contributed by atoms with Gasteiger partial charge in [-0.3, -0.25) is 9.59 Å². The van der Waals surface area contributed by atoms with Gasteiger partial charge in [0.05, 0.1) is 12.0 Å². The van der Waals surface area contributed by atoms with E-state index in [0.717, 1.165) is 50.0 Å². The highest BCUT2D eigenvalue weighted by molar-refractivity contribution is 5.94. The van der Waals surface area contributed by atoms with Gasteiger partial charge in [-0.05, 0) is 56.8 Å². The fraction of sp³-hybridized carbons (Fsp3) is 0.556. The predicted molar refractivity (Wildman–Crippen MR) is 97.2 cm³/mol. The molecule has 1 aromatic rings. The molecule has 3 N–H and O–H groups in total. The van der Waals surface area contributed by atoms with Gasteiger partial charge in [0.15, 0.2) is 0 Å². The summed E-state index contributed by atoms with van der Waals surface area (Å²) in [5.74, 6) is 0.514. The molecule has 1 aromatic carbocycles. The van der Waals surface area contributed by atoms with E-state index in [1.54, 1.807) is 0 Å². The van der Waals surface area contributed by atoms with Gasteiger partial charge in [0, 0.05) is 18.2 Å². The molecule has 1 heterocycles. The molecule has 24 heavy (non-hydrogen) atoms. The van der Waals surface area contributed by atoms with Crippen LogP contribution in [0.2, 0.25) is 0 Å². The van der Waals surface area contributed by atoms with E-state index in [1.807, 2.05) is 31.2 Å². The van der Waals surface area contributed by atoms with Crippen molar-refractivity contribution in [3.8, 4) is 0 Å². The molecule has 2 aliphatic rings. The van der Waals surface area contributed by atoms with Crippen LogP contribution < -0.4 is 16.0 Å². The third kappa shape index (κ3) is 4.95. The zero-order valence-corrected chi connectivity index (χ0v) is 14.8. The van der Waals surface area contributed by atoms with E-state index >= 15 is 0 Å². The molecule has 0 radical (unpaired) electrons. The fourth-order valence-electron chi connectivity index (χ4n) is 2.94. The average molecular weight is 352 g/mol. The summed E-state index contributed by atoms with van der Waals surface area (Å²) >= 11 is 0. The third-order valence-corrected chi connectivity index (χ3v) is 4.65. The Kier molecular flexibility index (Phi) is 6.63. The number of carbonyl (C=O) groups is 2. The smallest absolute Gasteiger partial charge is 0.227 e. The number of benzene rings is 1. The van der Waals surface area contributed by atoms with Gasteiger partial charge in [-0.2, -0.15) is 0 Å². The van der Waals surface area contributed by atoms with Crippen molar-refractivity contribution >= 4 is 29.9 Å². The molecule has 1 saturated heterocycles. The van der Waals surface area contributed by atoms with E-state index in [0.29, 0.717) is 0 Å². The van der Waals surface area contributed by atoms with Crippen molar-refractivity contribution in [3.63, 3.8) is 0 Å². The lowest BCUT2D eigenvalue weighted by Crippen LogP contribution is -2.41. The highest BCUT2D eigenvalue weighted by Crippen LogP contribution is 2.30. The third-order valence-electron chi connectivity index (χ3n) is 4.65. The van der Waals surface area contributed by atoms with E-state index in [1.165, 1.54) is 0 Å². The average Bonchev–Trinajstić information content (AvgIpc) is 3.41. The Morgan fingerprint density at radius 1 is 1.08 bits per heavy atom. The van der Waals surface area contributed by atoms with Crippen LogP contribution in [0.3, 0.4) is 0 Å². The number of nitrogens with one attached hydrogen (secondary N) is 3. The highest BCUT2D eigenvalue weighted by Gasteiger charge is 2.29. The van der Waals surface area contributed by atoms with Crippen LogP contribution in [-0.4, -0.2) is 24.9 Å². The molecule has 2 amide bonds. The molecule has 0 bridgehead atoms. The van der Waals surface area contributed by atoms with Gasteiger partial charge in [-0.25, -0.2) is 0 Å². The molecule has 2 fully saturated rings. The van der Waals surface area contributed by atoms with Crippen molar-refractivity contribution in [2.45, 2.75) is 38.6 Å². The number of halogens is 1. The van der Waals surface area contributed by atoms with Crippen molar-refractivity contribution in [1.82, 2.24) is 10.6 Å².